The van der Waals surface area contributed by atoms with Crippen molar-refractivity contribution >= 4 is 0 Å². The van der Waals surface area contributed by atoms with Crippen molar-refractivity contribution in [3.63, 3.8) is 0 Å². The van der Waals surface area contributed by atoms with Crippen LogP contribution in [-0.2, 0) is 6.42 Å². The molecule has 0 heterocycles. The van der Waals surface area contributed by atoms with Gasteiger partial charge in [0.2, 0.25) is 0 Å². The summed E-state index contributed by atoms with van der Waals surface area (Å²) in [7, 11) is 0. The molecule has 2 rings (SSSR count). The third-order valence-corrected chi connectivity index (χ3v) is 3.56. The lowest BCUT2D eigenvalue weighted by Gasteiger charge is -2.13. The van der Waals surface area contributed by atoms with Crippen molar-refractivity contribution in [2.45, 2.75) is 46.1 Å². The van der Waals surface area contributed by atoms with Crippen molar-refractivity contribution in [1.29, 1.82) is 0 Å². The third-order valence-electron chi connectivity index (χ3n) is 3.56. The smallest absolute Gasteiger partial charge is 0.130 e. The van der Waals surface area contributed by atoms with E-state index in [0.717, 1.165) is 23.5 Å². The van der Waals surface area contributed by atoms with E-state index in [9.17, 15) is 0 Å². The van der Waals surface area contributed by atoms with Gasteiger partial charge in [-0.15, -0.1) is 0 Å². The number of benzene rings is 2. The molecule has 1 unspecified atom stereocenters. The van der Waals surface area contributed by atoms with Crippen molar-refractivity contribution < 1.29 is 4.74 Å². The molecule has 0 aliphatic carbocycles. The van der Waals surface area contributed by atoms with E-state index in [-0.39, 0.29) is 6.04 Å². The maximum atomic E-state index is 6.08. The van der Waals surface area contributed by atoms with Crippen LogP contribution < -0.4 is 10.5 Å². The fourth-order valence-corrected chi connectivity index (χ4v) is 2.32. The van der Waals surface area contributed by atoms with E-state index in [2.05, 4.69) is 51.1 Å². The average Bonchev–Trinajstić information content (AvgIpc) is 2.40. The standard InChI is InChI=1S/C19H25NO/c1-13(2)17-9-8-14(3)19(12-17)21-18-7-5-6-16(11-18)10-15(4)20/h5-9,11-13,15H,10,20H2,1-4H3. The molecule has 0 fully saturated rings. The highest BCUT2D eigenvalue weighted by Gasteiger charge is 2.07. The van der Waals surface area contributed by atoms with E-state index >= 15 is 0 Å². The maximum absolute atomic E-state index is 6.08. The van der Waals surface area contributed by atoms with Gasteiger partial charge in [-0.2, -0.15) is 0 Å². The van der Waals surface area contributed by atoms with Crippen LogP contribution in [0, 0.1) is 6.92 Å². The first-order valence-corrected chi connectivity index (χ1v) is 7.58. The van der Waals surface area contributed by atoms with E-state index in [1.165, 1.54) is 11.1 Å². The average molecular weight is 283 g/mol. The molecule has 2 aromatic carbocycles. The lowest BCUT2D eigenvalue weighted by molar-refractivity contribution is 0.477. The normalized spacial score (nSPS) is 12.5. The largest absolute Gasteiger partial charge is 0.457 e. The predicted octanol–water partition coefficient (Wildman–Crippen LogP) is 4.80. The second-order valence-corrected chi connectivity index (χ2v) is 6.11. The molecule has 2 aromatic rings. The molecule has 0 saturated carbocycles. The number of aryl methyl sites for hydroxylation is 1. The summed E-state index contributed by atoms with van der Waals surface area (Å²) >= 11 is 0. The van der Waals surface area contributed by atoms with Gasteiger partial charge in [0, 0.05) is 6.04 Å². The Morgan fingerprint density at radius 1 is 1.05 bits per heavy atom. The molecule has 0 aromatic heterocycles. The minimum Gasteiger partial charge on any atom is -0.457 e. The summed E-state index contributed by atoms with van der Waals surface area (Å²) < 4.78 is 6.08. The zero-order valence-corrected chi connectivity index (χ0v) is 13.4. The van der Waals surface area contributed by atoms with Gasteiger partial charge >= 0.3 is 0 Å². The van der Waals surface area contributed by atoms with Crippen LogP contribution in [0.15, 0.2) is 42.5 Å². The third kappa shape index (κ3) is 4.33. The van der Waals surface area contributed by atoms with Crippen molar-refractivity contribution in [3.8, 4) is 11.5 Å². The summed E-state index contributed by atoms with van der Waals surface area (Å²) in [6.07, 6.45) is 0.863. The Morgan fingerprint density at radius 3 is 2.48 bits per heavy atom. The molecule has 0 bridgehead atoms. The summed E-state index contributed by atoms with van der Waals surface area (Å²) in [6, 6.07) is 14.8. The summed E-state index contributed by atoms with van der Waals surface area (Å²) in [5, 5.41) is 0. The van der Waals surface area contributed by atoms with E-state index in [4.69, 9.17) is 10.5 Å². The molecule has 0 radical (unpaired) electrons. The molecule has 112 valence electrons. The molecule has 0 spiro atoms. The second-order valence-electron chi connectivity index (χ2n) is 6.11. The molecule has 1 atom stereocenters. The minimum absolute atomic E-state index is 0.159. The summed E-state index contributed by atoms with van der Waals surface area (Å²) in [6.45, 7) is 8.48. The van der Waals surface area contributed by atoms with Gasteiger partial charge in [-0.25, -0.2) is 0 Å². The van der Waals surface area contributed by atoms with Crippen molar-refractivity contribution in [3.05, 3.63) is 59.2 Å². The van der Waals surface area contributed by atoms with Gasteiger partial charge in [-0.1, -0.05) is 38.1 Å². The molecule has 2 N–H and O–H groups in total. The molecule has 0 aliphatic heterocycles. The monoisotopic (exact) mass is 283 g/mol. The number of hydrogen-bond acceptors (Lipinski definition) is 2. The summed E-state index contributed by atoms with van der Waals surface area (Å²) in [5.41, 5.74) is 9.52. The van der Waals surface area contributed by atoms with Gasteiger partial charge in [0.05, 0.1) is 0 Å². The lowest BCUT2D eigenvalue weighted by Crippen LogP contribution is -2.17. The molecular formula is C19H25NO. The Hall–Kier alpha value is -1.80. The number of rotatable bonds is 5. The Kier molecular flexibility index (Phi) is 5.03. The van der Waals surface area contributed by atoms with E-state index in [1.807, 2.05) is 19.1 Å². The molecule has 2 heteroatoms. The number of nitrogens with two attached hydrogens (primary N) is 1. The van der Waals surface area contributed by atoms with E-state index < -0.39 is 0 Å². The highest BCUT2D eigenvalue weighted by Crippen LogP contribution is 2.29. The molecule has 0 aliphatic rings. The van der Waals surface area contributed by atoms with Crippen LogP contribution in [0.1, 0.15) is 43.4 Å². The summed E-state index contributed by atoms with van der Waals surface area (Å²) in [5.74, 6) is 2.30. The van der Waals surface area contributed by atoms with Crippen LogP contribution in [-0.4, -0.2) is 6.04 Å². The highest BCUT2D eigenvalue weighted by atomic mass is 16.5. The fourth-order valence-electron chi connectivity index (χ4n) is 2.32. The Morgan fingerprint density at radius 2 is 1.81 bits per heavy atom. The quantitative estimate of drug-likeness (QED) is 0.855. The molecule has 0 saturated heterocycles. The highest BCUT2D eigenvalue weighted by molar-refractivity contribution is 5.41. The fraction of sp³-hybridized carbons (Fsp3) is 0.368. The zero-order valence-electron chi connectivity index (χ0n) is 13.4. The van der Waals surface area contributed by atoms with Gasteiger partial charge in [-0.3, -0.25) is 0 Å². The van der Waals surface area contributed by atoms with Crippen LogP contribution >= 0.6 is 0 Å². The van der Waals surface area contributed by atoms with E-state index in [0.29, 0.717) is 5.92 Å². The van der Waals surface area contributed by atoms with Crippen molar-refractivity contribution in [1.82, 2.24) is 0 Å². The van der Waals surface area contributed by atoms with Gasteiger partial charge in [0.25, 0.3) is 0 Å². The Bertz CT molecular complexity index is 602. The first-order valence-electron chi connectivity index (χ1n) is 7.58. The topological polar surface area (TPSA) is 35.2 Å². The molecule has 21 heavy (non-hydrogen) atoms. The van der Waals surface area contributed by atoms with Gasteiger partial charge in [0.1, 0.15) is 11.5 Å². The van der Waals surface area contributed by atoms with Crippen LogP contribution in [0.25, 0.3) is 0 Å². The minimum atomic E-state index is 0.159. The second kappa shape index (κ2) is 6.77. The molecule has 0 amide bonds. The van der Waals surface area contributed by atoms with Gasteiger partial charge in [0.15, 0.2) is 0 Å². The van der Waals surface area contributed by atoms with Crippen molar-refractivity contribution in [2.24, 2.45) is 5.73 Å². The first-order chi connectivity index (χ1) is 9.95. The molecule has 2 nitrogen and oxygen atoms in total. The number of ether oxygens (including phenoxy) is 1. The summed E-state index contributed by atoms with van der Waals surface area (Å²) in [4.78, 5) is 0. The lowest BCUT2D eigenvalue weighted by atomic mass is 10.0. The maximum Gasteiger partial charge on any atom is 0.130 e. The van der Waals surface area contributed by atoms with Crippen LogP contribution in [0.2, 0.25) is 0 Å². The van der Waals surface area contributed by atoms with Gasteiger partial charge in [-0.05, 0) is 61.1 Å². The SMILES string of the molecule is Cc1ccc(C(C)C)cc1Oc1cccc(CC(C)N)c1. The Labute approximate surface area is 127 Å². The van der Waals surface area contributed by atoms with Crippen molar-refractivity contribution in [2.75, 3.05) is 0 Å². The Balaban J connectivity index is 2.23. The molecular weight excluding hydrogens is 258 g/mol. The first kappa shape index (κ1) is 15.6. The van der Waals surface area contributed by atoms with Crippen LogP contribution in [0.3, 0.4) is 0 Å². The van der Waals surface area contributed by atoms with Gasteiger partial charge < -0.3 is 10.5 Å². The number of hydrogen-bond donors (Lipinski definition) is 1. The zero-order chi connectivity index (χ0) is 15.4. The van der Waals surface area contributed by atoms with E-state index in [1.54, 1.807) is 0 Å². The predicted molar refractivity (Wildman–Crippen MR) is 89.1 cm³/mol. The van der Waals surface area contributed by atoms with Crippen LogP contribution in [0.4, 0.5) is 0 Å². The van der Waals surface area contributed by atoms with Crippen LogP contribution in [0.5, 0.6) is 11.5 Å².